The van der Waals surface area contributed by atoms with E-state index in [-0.39, 0.29) is 0 Å². The van der Waals surface area contributed by atoms with E-state index in [1.165, 1.54) is 16.7 Å². The van der Waals surface area contributed by atoms with E-state index in [9.17, 15) is 5.11 Å². The molecule has 1 atom stereocenters. The van der Waals surface area contributed by atoms with Crippen molar-refractivity contribution in [2.75, 3.05) is 46.1 Å². The maximum Gasteiger partial charge on any atom is 0.231 e. The number of aliphatic hydroxyl groups is 1. The van der Waals surface area contributed by atoms with E-state index in [1.54, 1.807) is 0 Å². The van der Waals surface area contributed by atoms with Gasteiger partial charge in [-0.3, -0.25) is 9.80 Å². The molecular weight excluding hydrogens is 392 g/mol. The Bertz CT molecular complexity index is 878. The minimum atomic E-state index is -0.495. The van der Waals surface area contributed by atoms with Crippen molar-refractivity contribution in [3.8, 4) is 17.2 Å². The lowest BCUT2D eigenvalue weighted by Crippen LogP contribution is -2.48. The van der Waals surface area contributed by atoms with Crippen LogP contribution >= 0.6 is 0 Å². The fraction of sp³-hybridized carbons (Fsp3) is 0.520. The summed E-state index contributed by atoms with van der Waals surface area (Å²) in [6, 6.07) is 12.4. The van der Waals surface area contributed by atoms with Crippen LogP contribution in [0.2, 0.25) is 0 Å². The highest BCUT2D eigenvalue weighted by atomic mass is 16.7. The highest BCUT2D eigenvalue weighted by Crippen LogP contribution is 2.32. The van der Waals surface area contributed by atoms with Crippen LogP contribution in [-0.2, 0) is 6.54 Å². The highest BCUT2D eigenvalue weighted by Gasteiger charge is 2.21. The second-order valence-corrected chi connectivity index (χ2v) is 8.90. The molecule has 0 aliphatic carbocycles. The zero-order valence-electron chi connectivity index (χ0n) is 18.8. The fourth-order valence-corrected chi connectivity index (χ4v) is 4.36. The highest BCUT2D eigenvalue weighted by molar-refractivity contribution is 5.44. The summed E-state index contributed by atoms with van der Waals surface area (Å²) in [5.74, 6) is 3.00. The molecule has 0 aromatic heterocycles. The Morgan fingerprint density at radius 3 is 2.45 bits per heavy atom. The number of benzene rings is 2. The molecule has 6 nitrogen and oxygen atoms in total. The molecule has 2 aliphatic rings. The maximum absolute atomic E-state index is 10.5. The Kier molecular flexibility index (Phi) is 7.00. The van der Waals surface area contributed by atoms with Crippen LogP contribution in [-0.4, -0.2) is 67.1 Å². The molecule has 2 aromatic rings. The first-order valence-electron chi connectivity index (χ1n) is 11.2. The third-order valence-electron chi connectivity index (χ3n) is 6.08. The van der Waals surface area contributed by atoms with Crippen molar-refractivity contribution >= 4 is 0 Å². The smallest absolute Gasteiger partial charge is 0.231 e. The van der Waals surface area contributed by atoms with Gasteiger partial charge >= 0.3 is 0 Å². The van der Waals surface area contributed by atoms with E-state index in [1.807, 2.05) is 12.1 Å². The third-order valence-corrected chi connectivity index (χ3v) is 6.08. The number of aryl methyl sites for hydroxylation is 1. The first kappa shape index (κ1) is 21.9. The van der Waals surface area contributed by atoms with Crippen molar-refractivity contribution in [3.63, 3.8) is 0 Å². The first-order valence-corrected chi connectivity index (χ1v) is 11.2. The molecule has 2 aromatic carbocycles. The molecule has 6 heteroatoms. The number of hydrogen-bond donors (Lipinski definition) is 1. The van der Waals surface area contributed by atoms with Crippen LogP contribution in [0, 0.1) is 6.92 Å². The van der Waals surface area contributed by atoms with Crippen molar-refractivity contribution < 1.29 is 19.3 Å². The van der Waals surface area contributed by atoms with Crippen LogP contribution in [0.25, 0.3) is 0 Å². The standard InChI is InChI=1S/C25H34N2O4/c1-18(2)23-6-5-22(12-19(23)3)29-16-21(28)15-27-10-8-26(9-11-27)14-20-4-7-24-25(13-20)31-17-30-24/h4-7,12-13,18,21,28H,8-11,14-17H2,1-3H3/t21-/m1/s1. The van der Waals surface area contributed by atoms with Crippen molar-refractivity contribution in [1.82, 2.24) is 9.80 Å². The molecule has 2 heterocycles. The van der Waals surface area contributed by atoms with Gasteiger partial charge in [-0.05, 0) is 53.8 Å². The summed E-state index contributed by atoms with van der Waals surface area (Å²) in [6.07, 6.45) is -0.495. The summed E-state index contributed by atoms with van der Waals surface area (Å²) in [5, 5.41) is 10.5. The number of piperazine rings is 1. The van der Waals surface area contributed by atoms with Gasteiger partial charge in [0, 0.05) is 39.3 Å². The van der Waals surface area contributed by atoms with Gasteiger partial charge in [-0.1, -0.05) is 26.0 Å². The van der Waals surface area contributed by atoms with Gasteiger partial charge in [-0.15, -0.1) is 0 Å². The zero-order chi connectivity index (χ0) is 21.8. The van der Waals surface area contributed by atoms with Crippen molar-refractivity contribution in [2.24, 2.45) is 0 Å². The van der Waals surface area contributed by atoms with Crippen molar-refractivity contribution in [2.45, 2.75) is 39.3 Å². The van der Waals surface area contributed by atoms with E-state index in [4.69, 9.17) is 14.2 Å². The molecule has 0 spiro atoms. The van der Waals surface area contributed by atoms with Gasteiger partial charge in [-0.25, -0.2) is 0 Å². The second-order valence-electron chi connectivity index (χ2n) is 8.90. The Morgan fingerprint density at radius 1 is 0.968 bits per heavy atom. The SMILES string of the molecule is Cc1cc(OC[C@H](O)CN2CCN(Cc3ccc4c(c3)OCO4)CC2)ccc1C(C)C. The number of nitrogens with zero attached hydrogens (tertiary/aromatic N) is 2. The van der Waals surface area contributed by atoms with Crippen LogP contribution < -0.4 is 14.2 Å². The molecule has 0 amide bonds. The fourth-order valence-electron chi connectivity index (χ4n) is 4.36. The molecule has 31 heavy (non-hydrogen) atoms. The summed E-state index contributed by atoms with van der Waals surface area (Å²) in [4.78, 5) is 4.76. The van der Waals surface area contributed by atoms with Gasteiger partial charge < -0.3 is 19.3 Å². The van der Waals surface area contributed by atoms with Gasteiger partial charge in [0.15, 0.2) is 11.5 Å². The molecule has 0 radical (unpaired) electrons. The lowest BCUT2D eigenvalue weighted by atomic mass is 9.98. The molecule has 0 unspecified atom stereocenters. The van der Waals surface area contributed by atoms with Crippen molar-refractivity contribution in [1.29, 1.82) is 0 Å². The molecule has 2 aliphatic heterocycles. The number of hydrogen-bond acceptors (Lipinski definition) is 6. The van der Waals surface area contributed by atoms with Crippen LogP contribution in [0.1, 0.15) is 36.5 Å². The van der Waals surface area contributed by atoms with Crippen LogP contribution in [0.5, 0.6) is 17.2 Å². The average Bonchev–Trinajstić information content (AvgIpc) is 3.21. The number of fused-ring (bicyclic) bond motifs is 1. The van der Waals surface area contributed by atoms with Crippen molar-refractivity contribution in [3.05, 3.63) is 53.1 Å². The molecule has 0 bridgehead atoms. The number of rotatable bonds is 8. The average molecular weight is 427 g/mol. The van der Waals surface area contributed by atoms with Gasteiger partial charge in [0.05, 0.1) is 0 Å². The second kappa shape index (κ2) is 9.90. The monoisotopic (exact) mass is 426 g/mol. The van der Waals surface area contributed by atoms with Crippen LogP contribution in [0.15, 0.2) is 36.4 Å². The molecule has 168 valence electrons. The Balaban J connectivity index is 1.18. The normalized spacial score (nSPS) is 17.8. The van der Waals surface area contributed by atoms with E-state index >= 15 is 0 Å². The summed E-state index contributed by atoms with van der Waals surface area (Å²) < 4.78 is 16.7. The zero-order valence-corrected chi connectivity index (χ0v) is 18.8. The van der Waals surface area contributed by atoms with Crippen LogP contribution in [0.3, 0.4) is 0 Å². The minimum Gasteiger partial charge on any atom is -0.491 e. The van der Waals surface area contributed by atoms with Gasteiger partial charge in [-0.2, -0.15) is 0 Å². The lowest BCUT2D eigenvalue weighted by Gasteiger charge is -2.35. The number of ether oxygens (including phenoxy) is 3. The summed E-state index contributed by atoms with van der Waals surface area (Å²) in [6.45, 7) is 12.5. The summed E-state index contributed by atoms with van der Waals surface area (Å²) >= 11 is 0. The molecule has 4 rings (SSSR count). The Hall–Kier alpha value is -2.28. The van der Waals surface area contributed by atoms with Gasteiger partial charge in [0.25, 0.3) is 0 Å². The predicted octanol–water partition coefficient (Wildman–Crippen LogP) is 3.40. The summed E-state index contributed by atoms with van der Waals surface area (Å²) in [7, 11) is 0. The molecule has 1 fully saturated rings. The lowest BCUT2D eigenvalue weighted by molar-refractivity contribution is 0.0446. The van der Waals surface area contributed by atoms with E-state index in [2.05, 4.69) is 54.8 Å². The van der Waals surface area contributed by atoms with E-state index < -0.39 is 6.10 Å². The quantitative estimate of drug-likeness (QED) is 0.698. The number of β-amino-alcohol motifs (C(OH)–C–C–N with tert-alkyl or cyclic N) is 1. The molecule has 0 saturated carbocycles. The molecule has 1 saturated heterocycles. The van der Waals surface area contributed by atoms with Gasteiger partial charge in [0.1, 0.15) is 18.5 Å². The summed E-state index contributed by atoms with van der Waals surface area (Å²) in [5.41, 5.74) is 3.82. The minimum absolute atomic E-state index is 0.312. The first-order chi connectivity index (χ1) is 15.0. The molecule has 1 N–H and O–H groups in total. The predicted molar refractivity (Wildman–Crippen MR) is 121 cm³/mol. The Labute approximate surface area is 185 Å². The maximum atomic E-state index is 10.5. The molecular formula is C25H34N2O4. The van der Waals surface area contributed by atoms with E-state index in [0.29, 0.717) is 25.9 Å². The van der Waals surface area contributed by atoms with Crippen LogP contribution in [0.4, 0.5) is 0 Å². The van der Waals surface area contributed by atoms with Gasteiger partial charge in [0.2, 0.25) is 6.79 Å². The third kappa shape index (κ3) is 5.70. The largest absolute Gasteiger partial charge is 0.491 e. The number of aliphatic hydroxyl groups excluding tert-OH is 1. The Morgan fingerprint density at radius 2 is 1.71 bits per heavy atom. The van der Waals surface area contributed by atoms with E-state index in [0.717, 1.165) is 50.0 Å². The topological polar surface area (TPSA) is 54.4 Å².